The van der Waals surface area contributed by atoms with Crippen LogP contribution >= 0.6 is 0 Å². The van der Waals surface area contributed by atoms with Crippen LogP contribution in [0.5, 0.6) is 0 Å². The number of hydrogen-bond donors (Lipinski definition) is 1. The zero-order valence-corrected chi connectivity index (χ0v) is 20.8. The Hall–Kier alpha value is -3.38. The van der Waals surface area contributed by atoms with Crippen molar-refractivity contribution in [3.63, 3.8) is 0 Å². The van der Waals surface area contributed by atoms with E-state index < -0.39 is 23.3 Å². The van der Waals surface area contributed by atoms with Crippen molar-refractivity contribution in [3.8, 4) is 11.1 Å². The molecule has 0 saturated carbocycles. The lowest BCUT2D eigenvalue weighted by molar-refractivity contribution is -0.137. The molecule has 3 nitrogen and oxygen atoms in total. The fourth-order valence-corrected chi connectivity index (χ4v) is 4.15. The molecule has 1 atom stereocenters. The number of carbonyl (C=O) groups is 1. The van der Waals surface area contributed by atoms with Gasteiger partial charge in [-0.3, -0.25) is 4.79 Å². The Bertz CT molecular complexity index is 1200. The van der Waals surface area contributed by atoms with Crippen molar-refractivity contribution in [2.24, 2.45) is 5.41 Å². The molecule has 0 aliphatic heterocycles. The number of aliphatic hydroxyl groups is 1. The van der Waals surface area contributed by atoms with Gasteiger partial charge in [-0.25, -0.2) is 0 Å². The van der Waals surface area contributed by atoms with E-state index in [1.54, 1.807) is 17.9 Å². The standard InChI is InChI=1S/C30H32F3NO2/c1-5-27(35)28(36)20-34(26-16-10-14-24(18-26)23-12-7-6-8-13-23)21(2)29(3,4)19-22-11-9-15-25(17-22)30(31,32)33/h6-18,27,35H,2,5,19-20H2,1,3-4H3. The molecule has 1 unspecified atom stereocenters. The minimum atomic E-state index is -4.43. The van der Waals surface area contributed by atoms with Gasteiger partial charge in [0.15, 0.2) is 5.78 Å². The van der Waals surface area contributed by atoms with Crippen LogP contribution in [-0.4, -0.2) is 23.5 Å². The second kappa shape index (κ2) is 11.1. The first-order chi connectivity index (χ1) is 16.9. The number of aliphatic hydroxyl groups excluding tert-OH is 1. The molecular weight excluding hydrogens is 463 g/mol. The molecule has 190 valence electrons. The Kier molecular flexibility index (Phi) is 8.41. The highest BCUT2D eigenvalue weighted by atomic mass is 19.4. The third-order valence-corrected chi connectivity index (χ3v) is 6.34. The highest BCUT2D eigenvalue weighted by Crippen LogP contribution is 2.37. The molecule has 0 saturated heterocycles. The summed E-state index contributed by atoms with van der Waals surface area (Å²) in [6.45, 7) is 9.70. The number of hydrogen-bond acceptors (Lipinski definition) is 3. The Morgan fingerprint density at radius 1 is 0.944 bits per heavy atom. The smallest absolute Gasteiger partial charge is 0.385 e. The molecule has 0 aliphatic rings. The number of carbonyl (C=O) groups excluding carboxylic acids is 1. The first-order valence-corrected chi connectivity index (χ1v) is 11.9. The van der Waals surface area contributed by atoms with Gasteiger partial charge in [0, 0.05) is 16.8 Å². The summed E-state index contributed by atoms with van der Waals surface area (Å²) in [5.74, 6) is -0.348. The predicted octanol–water partition coefficient (Wildman–Crippen LogP) is 7.30. The zero-order chi connectivity index (χ0) is 26.5. The molecule has 0 radical (unpaired) electrons. The van der Waals surface area contributed by atoms with Crippen LogP contribution in [0.4, 0.5) is 18.9 Å². The van der Waals surface area contributed by atoms with Gasteiger partial charge in [-0.1, -0.05) is 88.0 Å². The van der Waals surface area contributed by atoms with Gasteiger partial charge >= 0.3 is 6.18 Å². The maximum atomic E-state index is 13.3. The van der Waals surface area contributed by atoms with Crippen molar-refractivity contribution >= 4 is 11.5 Å². The van der Waals surface area contributed by atoms with E-state index in [9.17, 15) is 23.1 Å². The number of halogens is 3. The molecule has 0 heterocycles. The molecule has 0 spiro atoms. The van der Waals surface area contributed by atoms with E-state index in [1.165, 1.54) is 6.07 Å². The number of alkyl halides is 3. The summed E-state index contributed by atoms with van der Waals surface area (Å²) in [7, 11) is 0. The molecule has 36 heavy (non-hydrogen) atoms. The van der Waals surface area contributed by atoms with Crippen LogP contribution in [0, 0.1) is 5.41 Å². The van der Waals surface area contributed by atoms with E-state index in [2.05, 4.69) is 6.58 Å². The molecule has 6 heteroatoms. The van der Waals surface area contributed by atoms with Crippen molar-refractivity contribution < 1.29 is 23.1 Å². The first-order valence-electron chi connectivity index (χ1n) is 11.9. The van der Waals surface area contributed by atoms with E-state index in [1.807, 2.05) is 68.4 Å². The largest absolute Gasteiger partial charge is 0.416 e. The van der Waals surface area contributed by atoms with Crippen LogP contribution in [0.2, 0.25) is 0 Å². The van der Waals surface area contributed by atoms with E-state index in [0.717, 1.165) is 28.9 Å². The second-order valence-corrected chi connectivity index (χ2v) is 9.60. The monoisotopic (exact) mass is 495 g/mol. The molecule has 0 amide bonds. The van der Waals surface area contributed by atoms with E-state index >= 15 is 0 Å². The quantitative estimate of drug-likeness (QED) is 0.321. The lowest BCUT2D eigenvalue weighted by atomic mass is 9.81. The minimum Gasteiger partial charge on any atom is -0.385 e. The lowest BCUT2D eigenvalue weighted by Crippen LogP contribution is -2.39. The summed E-state index contributed by atoms with van der Waals surface area (Å²) >= 11 is 0. The van der Waals surface area contributed by atoms with Gasteiger partial charge < -0.3 is 10.0 Å². The summed E-state index contributed by atoms with van der Waals surface area (Å²) in [5.41, 5.74) is 2.38. The molecule has 3 rings (SSSR count). The number of Topliss-reactive ketones (excluding diaryl/α,β-unsaturated/α-hetero) is 1. The van der Waals surface area contributed by atoms with Gasteiger partial charge in [-0.05, 0) is 47.7 Å². The van der Waals surface area contributed by atoms with Crippen molar-refractivity contribution in [2.75, 3.05) is 11.4 Å². The maximum absolute atomic E-state index is 13.3. The first kappa shape index (κ1) is 27.2. The van der Waals surface area contributed by atoms with Crippen LogP contribution in [-0.2, 0) is 17.4 Å². The normalized spacial score (nSPS) is 12.8. The van der Waals surface area contributed by atoms with Gasteiger partial charge in [0.25, 0.3) is 0 Å². The highest BCUT2D eigenvalue weighted by molar-refractivity contribution is 5.88. The van der Waals surface area contributed by atoms with Crippen molar-refractivity contribution in [3.05, 3.63) is 102 Å². The molecule has 0 aromatic heterocycles. The third-order valence-electron chi connectivity index (χ3n) is 6.34. The average Bonchev–Trinajstić information content (AvgIpc) is 2.86. The molecule has 3 aromatic rings. The summed E-state index contributed by atoms with van der Waals surface area (Å²) in [6, 6.07) is 22.7. The van der Waals surface area contributed by atoms with Crippen LogP contribution < -0.4 is 4.90 Å². The van der Waals surface area contributed by atoms with Gasteiger partial charge in [-0.2, -0.15) is 13.2 Å². The van der Waals surface area contributed by atoms with Gasteiger partial charge in [0.2, 0.25) is 0 Å². The van der Waals surface area contributed by atoms with Crippen molar-refractivity contribution in [1.82, 2.24) is 0 Å². The van der Waals surface area contributed by atoms with Crippen molar-refractivity contribution in [1.29, 1.82) is 0 Å². The molecular formula is C30H32F3NO2. The van der Waals surface area contributed by atoms with E-state index in [4.69, 9.17) is 0 Å². The Morgan fingerprint density at radius 3 is 2.22 bits per heavy atom. The lowest BCUT2D eigenvalue weighted by Gasteiger charge is -2.37. The second-order valence-electron chi connectivity index (χ2n) is 9.60. The summed E-state index contributed by atoms with van der Waals surface area (Å²) in [4.78, 5) is 14.6. The van der Waals surface area contributed by atoms with Crippen LogP contribution in [0.25, 0.3) is 11.1 Å². The molecule has 3 aromatic carbocycles. The molecule has 0 bridgehead atoms. The van der Waals surface area contributed by atoms with Crippen LogP contribution in [0.15, 0.2) is 91.1 Å². The maximum Gasteiger partial charge on any atom is 0.416 e. The van der Waals surface area contributed by atoms with E-state index in [-0.39, 0.29) is 25.2 Å². The number of rotatable bonds is 10. The SMILES string of the molecule is C=C(N(CC(=O)C(O)CC)c1cccc(-c2ccccc2)c1)C(C)(C)Cc1cccc(C(F)(F)F)c1. The number of anilines is 1. The number of benzene rings is 3. The highest BCUT2D eigenvalue weighted by Gasteiger charge is 2.33. The van der Waals surface area contributed by atoms with Gasteiger partial charge in [0.1, 0.15) is 6.10 Å². The topological polar surface area (TPSA) is 40.5 Å². The summed E-state index contributed by atoms with van der Waals surface area (Å²) in [5, 5.41) is 10.2. The number of nitrogens with zero attached hydrogens (tertiary/aromatic N) is 1. The fraction of sp³-hybridized carbons (Fsp3) is 0.300. The van der Waals surface area contributed by atoms with Crippen LogP contribution in [0.1, 0.15) is 38.3 Å². The van der Waals surface area contributed by atoms with E-state index in [0.29, 0.717) is 11.3 Å². The Morgan fingerprint density at radius 2 is 1.58 bits per heavy atom. The minimum absolute atomic E-state index is 0.0991. The van der Waals surface area contributed by atoms with Crippen LogP contribution in [0.3, 0.4) is 0 Å². The summed E-state index contributed by atoms with van der Waals surface area (Å²) < 4.78 is 39.8. The fourth-order valence-electron chi connectivity index (χ4n) is 4.15. The van der Waals surface area contributed by atoms with Gasteiger partial charge in [0.05, 0.1) is 12.1 Å². The average molecular weight is 496 g/mol. The molecule has 0 fully saturated rings. The van der Waals surface area contributed by atoms with Crippen molar-refractivity contribution in [2.45, 2.75) is 45.9 Å². The number of ketones is 1. The summed E-state index contributed by atoms with van der Waals surface area (Å²) in [6.07, 6.45) is -4.96. The Labute approximate surface area is 210 Å². The Balaban J connectivity index is 1.97. The van der Waals surface area contributed by atoms with Gasteiger partial charge in [-0.15, -0.1) is 0 Å². The number of allylic oxidation sites excluding steroid dienone is 1. The predicted molar refractivity (Wildman–Crippen MR) is 139 cm³/mol. The molecule has 0 aliphatic carbocycles. The molecule has 1 N–H and O–H groups in total. The zero-order valence-electron chi connectivity index (χ0n) is 20.8. The third kappa shape index (κ3) is 6.64.